The van der Waals surface area contributed by atoms with Crippen LogP contribution < -0.4 is 4.90 Å². The third kappa shape index (κ3) is 9.08. The van der Waals surface area contributed by atoms with Crippen molar-refractivity contribution >= 4 is 18.3 Å². The van der Waals surface area contributed by atoms with Crippen molar-refractivity contribution in [3.8, 4) is 0 Å². The molecule has 1 aromatic rings. The Morgan fingerprint density at radius 1 is 0.762 bits per heavy atom. The van der Waals surface area contributed by atoms with Gasteiger partial charge in [0.15, 0.2) is 0 Å². The van der Waals surface area contributed by atoms with Gasteiger partial charge in [0.25, 0.3) is 0 Å². The second kappa shape index (κ2) is 13.1. The van der Waals surface area contributed by atoms with Crippen molar-refractivity contribution in [1.82, 2.24) is 0 Å². The lowest BCUT2D eigenvalue weighted by Gasteiger charge is -2.24. The summed E-state index contributed by atoms with van der Waals surface area (Å²) < 4.78 is 0. The number of nitrogens with zero attached hydrogens (tertiary/aromatic N) is 1. The first-order valence-corrected chi connectivity index (χ1v) is 9.42. The van der Waals surface area contributed by atoms with Gasteiger partial charge in [-0.15, -0.1) is 0 Å². The Morgan fingerprint density at radius 3 is 1.95 bits per heavy atom. The SMILES string of the molecule is CCCCN(CCCCCCCCCS)c1ccccc1. The van der Waals surface area contributed by atoms with Crippen LogP contribution in [0.2, 0.25) is 0 Å². The van der Waals surface area contributed by atoms with Gasteiger partial charge in [0.05, 0.1) is 0 Å². The molecule has 0 bridgehead atoms. The number of para-hydroxylation sites is 1. The van der Waals surface area contributed by atoms with Gasteiger partial charge in [-0.1, -0.05) is 63.6 Å². The predicted molar refractivity (Wildman–Crippen MR) is 99.7 cm³/mol. The average Bonchev–Trinajstić information content (AvgIpc) is 2.53. The molecule has 0 aromatic heterocycles. The maximum absolute atomic E-state index is 4.26. The van der Waals surface area contributed by atoms with Crippen molar-refractivity contribution in [2.45, 2.75) is 64.7 Å². The number of hydrogen-bond acceptors (Lipinski definition) is 2. The highest BCUT2D eigenvalue weighted by Crippen LogP contribution is 2.16. The van der Waals surface area contributed by atoms with Gasteiger partial charge in [-0.2, -0.15) is 12.6 Å². The topological polar surface area (TPSA) is 3.24 Å². The molecule has 0 saturated heterocycles. The highest BCUT2D eigenvalue weighted by atomic mass is 32.1. The summed E-state index contributed by atoms with van der Waals surface area (Å²) in [7, 11) is 0. The van der Waals surface area contributed by atoms with E-state index in [0.29, 0.717) is 0 Å². The zero-order valence-corrected chi connectivity index (χ0v) is 14.7. The highest BCUT2D eigenvalue weighted by Gasteiger charge is 2.04. The van der Waals surface area contributed by atoms with Crippen LogP contribution in [-0.2, 0) is 0 Å². The Balaban J connectivity index is 2.18. The summed E-state index contributed by atoms with van der Waals surface area (Å²) in [6.45, 7) is 4.68. The molecule has 0 fully saturated rings. The molecule has 0 radical (unpaired) electrons. The third-order valence-electron chi connectivity index (χ3n) is 3.99. The number of benzene rings is 1. The lowest BCUT2D eigenvalue weighted by atomic mass is 10.1. The summed E-state index contributed by atoms with van der Waals surface area (Å²) in [4.78, 5) is 2.56. The maximum atomic E-state index is 4.26. The second-order valence-electron chi connectivity index (χ2n) is 5.87. The molecule has 0 aliphatic carbocycles. The summed E-state index contributed by atoms with van der Waals surface area (Å²) in [5, 5.41) is 0. The predicted octanol–water partition coefficient (Wildman–Crippen LogP) is 5.95. The smallest absolute Gasteiger partial charge is 0.0366 e. The highest BCUT2D eigenvalue weighted by molar-refractivity contribution is 7.80. The van der Waals surface area contributed by atoms with Crippen LogP contribution in [-0.4, -0.2) is 18.8 Å². The van der Waals surface area contributed by atoms with Crippen LogP contribution >= 0.6 is 12.6 Å². The van der Waals surface area contributed by atoms with Crippen molar-refractivity contribution in [2.24, 2.45) is 0 Å². The van der Waals surface area contributed by atoms with Crippen LogP contribution in [0.5, 0.6) is 0 Å². The molecular formula is C19H33NS. The van der Waals surface area contributed by atoms with E-state index in [2.05, 4.69) is 54.8 Å². The molecule has 0 aliphatic heterocycles. The molecule has 21 heavy (non-hydrogen) atoms. The van der Waals surface area contributed by atoms with E-state index in [0.717, 1.165) is 5.75 Å². The summed E-state index contributed by atoms with van der Waals surface area (Å²) >= 11 is 4.26. The maximum Gasteiger partial charge on any atom is 0.0366 e. The molecule has 0 spiro atoms. The Hall–Kier alpha value is -0.630. The lowest BCUT2D eigenvalue weighted by Crippen LogP contribution is -2.25. The second-order valence-corrected chi connectivity index (χ2v) is 6.32. The van der Waals surface area contributed by atoms with E-state index < -0.39 is 0 Å². The summed E-state index contributed by atoms with van der Waals surface area (Å²) in [5.74, 6) is 1.05. The Labute approximate surface area is 137 Å². The first-order valence-electron chi connectivity index (χ1n) is 8.79. The fourth-order valence-electron chi connectivity index (χ4n) is 2.66. The van der Waals surface area contributed by atoms with E-state index in [9.17, 15) is 0 Å². The molecule has 0 atom stereocenters. The van der Waals surface area contributed by atoms with Crippen LogP contribution in [0, 0.1) is 0 Å². The number of hydrogen-bond donors (Lipinski definition) is 1. The zero-order chi connectivity index (χ0) is 15.2. The normalized spacial score (nSPS) is 10.8. The Kier molecular flexibility index (Phi) is 11.5. The minimum atomic E-state index is 1.05. The van der Waals surface area contributed by atoms with Crippen LogP contribution in [0.3, 0.4) is 0 Å². The van der Waals surface area contributed by atoms with E-state index in [4.69, 9.17) is 0 Å². The molecule has 1 rings (SSSR count). The number of unbranched alkanes of at least 4 members (excludes halogenated alkanes) is 7. The van der Waals surface area contributed by atoms with Crippen LogP contribution in [0.1, 0.15) is 64.7 Å². The first-order chi connectivity index (χ1) is 10.4. The molecular weight excluding hydrogens is 274 g/mol. The zero-order valence-electron chi connectivity index (χ0n) is 13.8. The quantitative estimate of drug-likeness (QED) is 0.348. The standard InChI is InChI=1S/C19H33NS/c1-2-3-16-20(19-14-10-9-11-15-19)17-12-7-5-4-6-8-13-18-21/h9-11,14-15,21H,2-8,12-13,16-18H2,1H3. The molecule has 0 unspecified atom stereocenters. The van der Waals surface area contributed by atoms with Gasteiger partial charge < -0.3 is 4.90 Å². The van der Waals surface area contributed by atoms with E-state index in [-0.39, 0.29) is 0 Å². The van der Waals surface area contributed by atoms with E-state index in [1.54, 1.807) is 0 Å². The van der Waals surface area contributed by atoms with Gasteiger partial charge in [0, 0.05) is 18.8 Å². The summed E-state index contributed by atoms with van der Waals surface area (Å²) in [6.07, 6.45) is 12.1. The summed E-state index contributed by atoms with van der Waals surface area (Å²) in [5.41, 5.74) is 1.39. The first kappa shape index (κ1) is 18.4. The fraction of sp³-hybridized carbons (Fsp3) is 0.684. The van der Waals surface area contributed by atoms with Crippen molar-refractivity contribution in [2.75, 3.05) is 23.7 Å². The van der Waals surface area contributed by atoms with Gasteiger partial charge in [-0.05, 0) is 37.1 Å². The minimum absolute atomic E-state index is 1.05. The average molecular weight is 308 g/mol. The van der Waals surface area contributed by atoms with Crippen molar-refractivity contribution < 1.29 is 0 Å². The van der Waals surface area contributed by atoms with Crippen LogP contribution in [0.15, 0.2) is 30.3 Å². The van der Waals surface area contributed by atoms with Crippen molar-refractivity contribution in [3.63, 3.8) is 0 Å². The lowest BCUT2D eigenvalue weighted by molar-refractivity contribution is 0.581. The van der Waals surface area contributed by atoms with E-state index in [1.807, 2.05) is 0 Å². The molecule has 0 N–H and O–H groups in total. The van der Waals surface area contributed by atoms with Gasteiger partial charge in [0.1, 0.15) is 0 Å². The van der Waals surface area contributed by atoms with Crippen molar-refractivity contribution in [1.29, 1.82) is 0 Å². The van der Waals surface area contributed by atoms with E-state index >= 15 is 0 Å². The van der Waals surface area contributed by atoms with E-state index in [1.165, 1.54) is 76.6 Å². The largest absolute Gasteiger partial charge is 0.372 e. The molecule has 1 aromatic carbocycles. The van der Waals surface area contributed by atoms with Crippen molar-refractivity contribution in [3.05, 3.63) is 30.3 Å². The molecule has 0 saturated carbocycles. The van der Waals surface area contributed by atoms with Gasteiger partial charge in [-0.3, -0.25) is 0 Å². The van der Waals surface area contributed by atoms with Gasteiger partial charge in [0.2, 0.25) is 0 Å². The summed E-state index contributed by atoms with van der Waals surface area (Å²) in [6, 6.07) is 10.9. The molecule has 0 amide bonds. The Bertz CT molecular complexity index is 326. The van der Waals surface area contributed by atoms with Gasteiger partial charge in [-0.25, -0.2) is 0 Å². The minimum Gasteiger partial charge on any atom is -0.372 e. The van der Waals surface area contributed by atoms with Crippen LogP contribution in [0.25, 0.3) is 0 Å². The molecule has 0 heterocycles. The third-order valence-corrected chi connectivity index (χ3v) is 4.31. The fourth-order valence-corrected chi connectivity index (χ4v) is 2.88. The molecule has 120 valence electrons. The number of anilines is 1. The molecule has 1 nitrogen and oxygen atoms in total. The van der Waals surface area contributed by atoms with Crippen LogP contribution in [0.4, 0.5) is 5.69 Å². The number of rotatable bonds is 13. The molecule has 2 heteroatoms. The number of thiol groups is 1. The Morgan fingerprint density at radius 2 is 1.33 bits per heavy atom. The van der Waals surface area contributed by atoms with Gasteiger partial charge >= 0.3 is 0 Å². The monoisotopic (exact) mass is 307 g/mol. The molecule has 0 aliphatic rings.